The second kappa shape index (κ2) is 8.29. The van der Waals surface area contributed by atoms with Crippen molar-refractivity contribution >= 4 is 23.5 Å². The molecule has 0 spiro atoms. The molecule has 26 heavy (non-hydrogen) atoms. The van der Waals surface area contributed by atoms with Crippen LogP contribution in [0.1, 0.15) is 45.7 Å². The summed E-state index contributed by atoms with van der Waals surface area (Å²) in [5.74, 6) is -1.44. The Kier molecular flexibility index (Phi) is 6.11. The number of amides is 2. The Morgan fingerprint density at radius 2 is 1.81 bits per heavy atom. The SMILES string of the molecule is Cc1cc(NC(=O)Cc2cccc(C(=O)O)c2)ccc1C(=O)NC(C)C. The molecule has 2 rings (SSSR count). The number of carbonyl (C=O) groups is 3. The van der Waals surface area contributed by atoms with Gasteiger partial charge in [0, 0.05) is 17.3 Å². The van der Waals surface area contributed by atoms with E-state index >= 15 is 0 Å². The second-order valence-corrected chi connectivity index (χ2v) is 6.39. The third kappa shape index (κ3) is 5.17. The third-order valence-electron chi connectivity index (χ3n) is 3.71. The standard InChI is InChI=1S/C20H22N2O4/c1-12(2)21-19(24)17-8-7-16(9-13(17)3)22-18(23)11-14-5-4-6-15(10-14)20(25)26/h4-10,12H,11H2,1-3H3,(H,21,24)(H,22,23)(H,25,26). The van der Waals surface area contributed by atoms with Crippen molar-refractivity contribution in [2.75, 3.05) is 5.32 Å². The number of aryl methyl sites for hydroxylation is 1. The van der Waals surface area contributed by atoms with E-state index in [0.717, 1.165) is 5.56 Å². The fraction of sp³-hybridized carbons (Fsp3) is 0.250. The lowest BCUT2D eigenvalue weighted by Gasteiger charge is -2.12. The molecule has 2 aromatic carbocycles. The number of nitrogens with one attached hydrogen (secondary N) is 2. The number of rotatable bonds is 6. The molecule has 0 aliphatic rings. The molecular formula is C20H22N2O4. The number of carboxylic acid groups (broad SMARTS) is 1. The summed E-state index contributed by atoms with van der Waals surface area (Å²) >= 11 is 0. The minimum atomic E-state index is -1.03. The summed E-state index contributed by atoms with van der Waals surface area (Å²) in [5, 5.41) is 14.6. The van der Waals surface area contributed by atoms with E-state index in [9.17, 15) is 14.4 Å². The molecule has 0 saturated carbocycles. The summed E-state index contributed by atoms with van der Waals surface area (Å²) in [7, 11) is 0. The van der Waals surface area contributed by atoms with Gasteiger partial charge in [-0.2, -0.15) is 0 Å². The number of hydrogen-bond donors (Lipinski definition) is 3. The van der Waals surface area contributed by atoms with Crippen LogP contribution in [0.2, 0.25) is 0 Å². The Labute approximate surface area is 152 Å². The van der Waals surface area contributed by atoms with Crippen molar-refractivity contribution < 1.29 is 19.5 Å². The van der Waals surface area contributed by atoms with E-state index < -0.39 is 5.97 Å². The molecule has 0 fully saturated rings. The summed E-state index contributed by atoms with van der Waals surface area (Å²) in [6.45, 7) is 5.59. The summed E-state index contributed by atoms with van der Waals surface area (Å²) in [6.07, 6.45) is 0.0652. The Morgan fingerprint density at radius 1 is 1.08 bits per heavy atom. The normalized spacial score (nSPS) is 10.5. The number of hydrogen-bond acceptors (Lipinski definition) is 3. The maximum absolute atomic E-state index is 12.2. The highest BCUT2D eigenvalue weighted by Gasteiger charge is 2.12. The number of anilines is 1. The molecule has 0 aromatic heterocycles. The van der Waals surface area contributed by atoms with Gasteiger partial charge in [0.2, 0.25) is 5.91 Å². The molecule has 0 aliphatic heterocycles. The van der Waals surface area contributed by atoms with Crippen LogP contribution in [0, 0.1) is 6.92 Å². The van der Waals surface area contributed by atoms with Gasteiger partial charge in [-0.25, -0.2) is 4.79 Å². The lowest BCUT2D eigenvalue weighted by Crippen LogP contribution is -2.30. The molecule has 2 amide bonds. The van der Waals surface area contributed by atoms with Gasteiger partial charge in [0.15, 0.2) is 0 Å². The zero-order valence-electron chi connectivity index (χ0n) is 15.0. The van der Waals surface area contributed by atoms with Gasteiger partial charge in [0.25, 0.3) is 5.91 Å². The molecule has 0 radical (unpaired) electrons. The fourth-order valence-corrected chi connectivity index (χ4v) is 2.54. The minimum absolute atomic E-state index is 0.0443. The first-order chi connectivity index (χ1) is 12.3. The average molecular weight is 354 g/mol. The zero-order chi connectivity index (χ0) is 19.3. The topological polar surface area (TPSA) is 95.5 Å². The average Bonchev–Trinajstić information content (AvgIpc) is 2.54. The first-order valence-electron chi connectivity index (χ1n) is 8.30. The van der Waals surface area contributed by atoms with Crippen molar-refractivity contribution in [2.24, 2.45) is 0 Å². The first-order valence-corrected chi connectivity index (χ1v) is 8.30. The van der Waals surface area contributed by atoms with Crippen LogP contribution >= 0.6 is 0 Å². The number of carboxylic acids is 1. The van der Waals surface area contributed by atoms with Gasteiger partial charge in [-0.15, -0.1) is 0 Å². The van der Waals surface area contributed by atoms with Crippen LogP contribution in [0.4, 0.5) is 5.69 Å². The Bertz CT molecular complexity index is 843. The highest BCUT2D eigenvalue weighted by atomic mass is 16.4. The van der Waals surface area contributed by atoms with E-state index in [4.69, 9.17) is 5.11 Å². The molecule has 0 atom stereocenters. The molecule has 0 heterocycles. The lowest BCUT2D eigenvalue weighted by atomic mass is 10.1. The van der Waals surface area contributed by atoms with Crippen molar-refractivity contribution in [1.29, 1.82) is 0 Å². The van der Waals surface area contributed by atoms with E-state index in [1.807, 2.05) is 13.8 Å². The number of benzene rings is 2. The van der Waals surface area contributed by atoms with Gasteiger partial charge in [-0.3, -0.25) is 9.59 Å². The van der Waals surface area contributed by atoms with E-state index in [-0.39, 0.29) is 29.8 Å². The summed E-state index contributed by atoms with van der Waals surface area (Å²) in [4.78, 5) is 35.3. The minimum Gasteiger partial charge on any atom is -0.478 e. The van der Waals surface area contributed by atoms with Crippen LogP contribution in [0.15, 0.2) is 42.5 Å². The predicted molar refractivity (Wildman–Crippen MR) is 99.5 cm³/mol. The zero-order valence-corrected chi connectivity index (χ0v) is 15.0. The van der Waals surface area contributed by atoms with E-state index in [1.165, 1.54) is 12.1 Å². The molecule has 0 bridgehead atoms. The monoisotopic (exact) mass is 354 g/mol. The molecule has 6 heteroatoms. The maximum Gasteiger partial charge on any atom is 0.335 e. The van der Waals surface area contributed by atoms with Crippen LogP contribution in [-0.2, 0) is 11.2 Å². The Balaban J connectivity index is 2.05. The van der Waals surface area contributed by atoms with Gasteiger partial charge >= 0.3 is 5.97 Å². The molecular weight excluding hydrogens is 332 g/mol. The quantitative estimate of drug-likeness (QED) is 0.743. The van der Waals surface area contributed by atoms with Crippen molar-refractivity contribution in [2.45, 2.75) is 33.2 Å². The first kappa shape index (κ1) is 19.2. The molecule has 0 aliphatic carbocycles. The van der Waals surface area contributed by atoms with Crippen molar-refractivity contribution in [1.82, 2.24) is 5.32 Å². The fourth-order valence-electron chi connectivity index (χ4n) is 2.54. The highest BCUT2D eigenvalue weighted by Crippen LogP contribution is 2.16. The van der Waals surface area contributed by atoms with Gasteiger partial charge in [-0.05, 0) is 62.2 Å². The lowest BCUT2D eigenvalue weighted by molar-refractivity contribution is -0.115. The van der Waals surface area contributed by atoms with Gasteiger partial charge in [0.05, 0.1) is 12.0 Å². The largest absolute Gasteiger partial charge is 0.478 e. The molecule has 136 valence electrons. The molecule has 6 nitrogen and oxygen atoms in total. The van der Waals surface area contributed by atoms with Crippen molar-refractivity contribution in [3.05, 3.63) is 64.7 Å². The summed E-state index contributed by atoms with van der Waals surface area (Å²) in [5.41, 5.74) is 2.67. The smallest absolute Gasteiger partial charge is 0.335 e. The predicted octanol–water partition coefficient (Wildman–Crippen LogP) is 3.01. The number of carbonyl (C=O) groups excluding carboxylic acids is 2. The molecule has 0 saturated heterocycles. The van der Waals surface area contributed by atoms with E-state index in [0.29, 0.717) is 16.8 Å². The Hall–Kier alpha value is -3.15. The van der Waals surface area contributed by atoms with Crippen LogP contribution < -0.4 is 10.6 Å². The van der Waals surface area contributed by atoms with Crippen LogP contribution in [0.3, 0.4) is 0 Å². The maximum atomic E-state index is 12.2. The van der Waals surface area contributed by atoms with Crippen LogP contribution in [0.5, 0.6) is 0 Å². The molecule has 3 N–H and O–H groups in total. The molecule has 0 unspecified atom stereocenters. The van der Waals surface area contributed by atoms with Crippen molar-refractivity contribution in [3.8, 4) is 0 Å². The van der Waals surface area contributed by atoms with E-state index in [1.54, 1.807) is 37.3 Å². The summed E-state index contributed by atoms with van der Waals surface area (Å²) in [6, 6.07) is 11.4. The second-order valence-electron chi connectivity index (χ2n) is 6.39. The van der Waals surface area contributed by atoms with Gasteiger partial charge < -0.3 is 15.7 Å². The van der Waals surface area contributed by atoms with E-state index in [2.05, 4.69) is 10.6 Å². The third-order valence-corrected chi connectivity index (χ3v) is 3.71. The number of aromatic carboxylic acids is 1. The molecule has 2 aromatic rings. The van der Waals surface area contributed by atoms with Gasteiger partial charge in [-0.1, -0.05) is 12.1 Å². The summed E-state index contributed by atoms with van der Waals surface area (Å²) < 4.78 is 0. The van der Waals surface area contributed by atoms with Gasteiger partial charge in [0.1, 0.15) is 0 Å². The van der Waals surface area contributed by atoms with Crippen LogP contribution in [-0.4, -0.2) is 28.9 Å². The highest BCUT2D eigenvalue weighted by molar-refractivity contribution is 5.97. The Morgan fingerprint density at radius 3 is 2.42 bits per heavy atom. The van der Waals surface area contributed by atoms with Crippen LogP contribution in [0.25, 0.3) is 0 Å². The van der Waals surface area contributed by atoms with Crippen molar-refractivity contribution in [3.63, 3.8) is 0 Å².